The van der Waals surface area contributed by atoms with Gasteiger partial charge in [0.05, 0.1) is 24.5 Å². The van der Waals surface area contributed by atoms with Crippen molar-refractivity contribution >= 4 is 17.9 Å². The first-order chi connectivity index (χ1) is 16.2. The smallest absolute Gasteiger partial charge is 0.233 e. The molecule has 6 heteroatoms. The van der Waals surface area contributed by atoms with Gasteiger partial charge in [-0.25, -0.2) is 0 Å². The highest BCUT2D eigenvalue weighted by Crippen LogP contribution is 2.48. The zero-order chi connectivity index (χ0) is 25.0. The molecule has 1 heterocycles. The van der Waals surface area contributed by atoms with E-state index in [9.17, 15) is 24.9 Å². The Labute approximate surface area is 203 Å². The summed E-state index contributed by atoms with van der Waals surface area (Å²) in [6.45, 7) is 8.25. The van der Waals surface area contributed by atoms with Gasteiger partial charge < -0.3 is 15.3 Å². The standard InChI is InChI=1S/C28H39NO5/c1-5-13-29-27(33)22-15-21(17(3)4)25(23(16-30)26(22)28(29)34)24(32)12-9-18(6-2)14-19-7-10-20(31)11-8-19/h7-8,10-11,14,17,22-24,26,30-32H,5-6,9,12-13,15-16H2,1-4H3/b18-14+/t22-,23+,24-,26-/m1/s1. The molecule has 1 aliphatic carbocycles. The Balaban J connectivity index is 1.85. The van der Waals surface area contributed by atoms with E-state index in [-0.39, 0.29) is 30.1 Å². The molecular weight excluding hydrogens is 430 g/mol. The topological polar surface area (TPSA) is 98.1 Å². The third-order valence-corrected chi connectivity index (χ3v) is 7.37. The number of hydrogen-bond acceptors (Lipinski definition) is 5. The van der Waals surface area contributed by atoms with Crippen molar-refractivity contribution in [2.24, 2.45) is 23.7 Å². The number of nitrogens with zero attached hydrogens (tertiary/aromatic N) is 1. The molecule has 4 atom stereocenters. The molecule has 2 amide bonds. The third kappa shape index (κ3) is 5.28. The molecule has 0 radical (unpaired) electrons. The predicted molar refractivity (Wildman–Crippen MR) is 133 cm³/mol. The third-order valence-electron chi connectivity index (χ3n) is 7.37. The lowest BCUT2D eigenvalue weighted by atomic mass is 9.66. The predicted octanol–water partition coefficient (Wildman–Crippen LogP) is 4.30. The summed E-state index contributed by atoms with van der Waals surface area (Å²) in [7, 11) is 0. The maximum absolute atomic E-state index is 13.2. The van der Waals surface area contributed by atoms with Crippen molar-refractivity contribution in [3.05, 3.63) is 46.5 Å². The molecule has 0 aromatic heterocycles. The van der Waals surface area contributed by atoms with Crippen LogP contribution in [0, 0.1) is 23.7 Å². The molecular formula is C28H39NO5. The Morgan fingerprint density at radius 3 is 2.38 bits per heavy atom. The van der Waals surface area contributed by atoms with E-state index in [2.05, 4.69) is 13.0 Å². The minimum absolute atomic E-state index is 0.112. The van der Waals surface area contributed by atoms with Gasteiger partial charge in [0.1, 0.15) is 5.75 Å². The molecule has 0 saturated carbocycles. The molecule has 6 nitrogen and oxygen atoms in total. The van der Waals surface area contributed by atoms with Gasteiger partial charge in [0, 0.05) is 12.5 Å². The molecule has 1 fully saturated rings. The van der Waals surface area contributed by atoms with Crippen molar-refractivity contribution in [3.63, 3.8) is 0 Å². The van der Waals surface area contributed by atoms with E-state index < -0.39 is 23.9 Å². The number of phenolic OH excluding ortho intramolecular Hbond substituents is 1. The number of amides is 2. The molecule has 2 aliphatic rings. The van der Waals surface area contributed by atoms with Gasteiger partial charge in [0.25, 0.3) is 0 Å². The van der Waals surface area contributed by atoms with Crippen LogP contribution in [0.25, 0.3) is 6.08 Å². The number of hydrogen-bond donors (Lipinski definition) is 3. The molecule has 3 rings (SSSR count). The van der Waals surface area contributed by atoms with Crippen LogP contribution in [0.5, 0.6) is 5.75 Å². The zero-order valence-electron chi connectivity index (χ0n) is 20.8. The molecule has 1 aliphatic heterocycles. The van der Waals surface area contributed by atoms with E-state index >= 15 is 0 Å². The van der Waals surface area contributed by atoms with Crippen molar-refractivity contribution in [1.82, 2.24) is 4.90 Å². The van der Waals surface area contributed by atoms with E-state index in [4.69, 9.17) is 0 Å². The normalized spacial score (nSPS) is 24.3. The van der Waals surface area contributed by atoms with Crippen molar-refractivity contribution in [1.29, 1.82) is 0 Å². The molecule has 0 spiro atoms. The fourth-order valence-electron chi connectivity index (χ4n) is 5.59. The van der Waals surface area contributed by atoms with Crippen molar-refractivity contribution in [2.75, 3.05) is 13.2 Å². The highest BCUT2D eigenvalue weighted by Gasteiger charge is 2.54. The number of likely N-dealkylation sites (tertiary alicyclic amines) is 1. The van der Waals surface area contributed by atoms with Crippen LogP contribution in [0.15, 0.2) is 41.0 Å². The molecule has 34 heavy (non-hydrogen) atoms. The van der Waals surface area contributed by atoms with Crippen LogP contribution in [0.2, 0.25) is 0 Å². The second kappa shape index (κ2) is 11.3. The first-order valence-electron chi connectivity index (χ1n) is 12.6. The average molecular weight is 470 g/mol. The fourth-order valence-corrected chi connectivity index (χ4v) is 5.59. The number of phenols is 1. The van der Waals surface area contributed by atoms with Crippen LogP contribution >= 0.6 is 0 Å². The highest BCUT2D eigenvalue weighted by atomic mass is 16.3. The average Bonchev–Trinajstić information content (AvgIpc) is 3.06. The summed E-state index contributed by atoms with van der Waals surface area (Å²) in [4.78, 5) is 27.5. The van der Waals surface area contributed by atoms with E-state index in [0.29, 0.717) is 32.2 Å². The van der Waals surface area contributed by atoms with Crippen LogP contribution < -0.4 is 0 Å². The van der Waals surface area contributed by atoms with Crippen molar-refractivity contribution in [2.45, 2.75) is 65.9 Å². The summed E-state index contributed by atoms with van der Waals surface area (Å²) in [6.07, 6.45) is 4.46. The summed E-state index contributed by atoms with van der Waals surface area (Å²) in [5.41, 5.74) is 3.93. The molecule has 0 bridgehead atoms. The Morgan fingerprint density at radius 1 is 1.15 bits per heavy atom. The zero-order valence-corrected chi connectivity index (χ0v) is 20.8. The first-order valence-corrected chi connectivity index (χ1v) is 12.6. The second-order valence-corrected chi connectivity index (χ2v) is 9.89. The lowest BCUT2D eigenvalue weighted by Gasteiger charge is -2.38. The summed E-state index contributed by atoms with van der Waals surface area (Å²) >= 11 is 0. The van der Waals surface area contributed by atoms with Gasteiger partial charge >= 0.3 is 0 Å². The fraction of sp³-hybridized carbons (Fsp3) is 0.571. The molecule has 1 aromatic carbocycles. The summed E-state index contributed by atoms with van der Waals surface area (Å²) in [5, 5.41) is 31.2. The number of aliphatic hydroxyl groups excluding tert-OH is 2. The Kier molecular flexibility index (Phi) is 8.72. The Bertz CT molecular complexity index is 946. The quantitative estimate of drug-likeness (QED) is 0.351. The minimum Gasteiger partial charge on any atom is -0.508 e. The van der Waals surface area contributed by atoms with Gasteiger partial charge in [-0.05, 0) is 61.3 Å². The molecule has 1 saturated heterocycles. The molecule has 1 aromatic rings. The maximum atomic E-state index is 13.2. The van der Waals surface area contributed by atoms with Crippen molar-refractivity contribution in [3.8, 4) is 5.75 Å². The number of aliphatic hydroxyl groups is 2. The van der Waals surface area contributed by atoms with E-state index in [0.717, 1.165) is 23.1 Å². The summed E-state index contributed by atoms with van der Waals surface area (Å²) < 4.78 is 0. The maximum Gasteiger partial charge on any atom is 0.233 e. The van der Waals surface area contributed by atoms with Crippen LogP contribution in [-0.4, -0.2) is 51.3 Å². The lowest BCUT2D eigenvalue weighted by molar-refractivity contribution is -0.140. The number of aromatic hydroxyl groups is 1. The lowest BCUT2D eigenvalue weighted by Crippen LogP contribution is -2.40. The van der Waals surface area contributed by atoms with Gasteiger partial charge in [-0.1, -0.05) is 57.0 Å². The summed E-state index contributed by atoms with van der Waals surface area (Å²) in [5.74, 6) is -1.56. The second-order valence-electron chi connectivity index (χ2n) is 9.89. The number of carbonyl (C=O) groups is 2. The molecule has 3 N–H and O–H groups in total. The summed E-state index contributed by atoms with van der Waals surface area (Å²) in [6, 6.07) is 7.02. The molecule has 186 valence electrons. The minimum atomic E-state index is -0.784. The van der Waals surface area contributed by atoms with Gasteiger partial charge in [-0.3, -0.25) is 14.5 Å². The Hall–Kier alpha value is -2.44. The van der Waals surface area contributed by atoms with Crippen LogP contribution in [0.4, 0.5) is 0 Å². The van der Waals surface area contributed by atoms with E-state index in [1.165, 1.54) is 10.5 Å². The van der Waals surface area contributed by atoms with E-state index in [1.807, 2.05) is 32.9 Å². The van der Waals surface area contributed by atoms with Crippen LogP contribution in [-0.2, 0) is 9.59 Å². The van der Waals surface area contributed by atoms with Gasteiger partial charge in [-0.2, -0.15) is 0 Å². The van der Waals surface area contributed by atoms with Gasteiger partial charge in [0.2, 0.25) is 11.8 Å². The first kappa shape index (κ1) is 26.2. The SMILES string of the molecule is CCCN1C(=O)[C@@H]2[C@@H](CC(C(C)C)=C([C@H](O)CC/C(=C/c3ccc(O)cc3)CC)[C@@H]2CO)C1=O. The van der Waals surface area contributed by atoms with Gasteiger partial charge in [-0.15, -0.1) is 0 Å². The van der Waals surface area contributed by atoms with Crippen LogP contribution in [0.3, 0.4) is 0 Å². The van der Waals surface area contributed by atoms with Crippen molar-refractivity contribution < 1.29 is 24.9 Å². The number of carbonyl (C=O) groups excluding carboxylic acids is 2. The number of benzene rings is 1. The molecule has 0 unspecified atom stereocenters. The number of imide groups is 1. The van der Waals surface area contributed by atoms with Gasteiger partial charge in [0.15, 0.2) is 0 Å². The monoisotopic (exact) mass is 469 g/mol. The number of rotatable bonds is 10. The number of fused-ring (bicyclic) bond motifs is 1. The number of allylic oxidation sites excluding steroid dienone is 2. The highest BCUT2D eigenvalue weighted by molar-refractivity contribution is 6.05. The largest absolute Gasteiger partial charge is 0.508 e. The van der Waals surface area contributed by atoms with E-state index in [1.54, 1.807) is 12.1 Å². The van der Waals surface area contributed by atoms with Crippen LogP contribution in [0.1, 0.15) is 65.4 Å². The Morgan fingerprint density at radius 2 is 1.82 bits per heavy atom.